The van der Waals surface area contributed by atoms with Crippen molar-refractivity contribution in [1.29, 1.82) is 0 Å². The second-order valence-electron chi connectivity index (χ2n) is 6.34. The summed E-state index contributed by atoms with van der Waals surface area (Å²) in [6.07, 6.45) is 0.513. The van der Waals surface area contributed by atoms with Gasteiger partial charge < -0.3 is 15.7 Å². The maximum absolute atomic E-state index is 12.2. The Morgan fingerprint density at radius 1 is 1.39 bits per heavy atom. The second kappa shape index (κ2) is 5.26. The van der Waals surface area contributed by atoms with E-state index in [0.29, 0.717) is 19.5 Å². The number of amides is 1. The molecule has 1 fully saturated rings. The number of carbonyl (C=O) groups is 2. The molecule has 0 radical (unpaired) electrons. The largest absolute Gasteiger partial charge is 0.481 e. The van der Waals surface area contributed by atoms with E-state index < -0.39 is 12.0 Å². The Labute approximate surface area is 108 Å². The molecule has 1 saturated heterocycles. The molecule has 1 aliphatic rings. The van der Waals surface area contributed by atoms with Gasteiger partial charge in [0.15, 0.2) is 0 Å². The fraction of sp³-hybridized carbons (Fsp3) is 0.846. The summed E-state index contributed by atoms with van der Waals surface area (Å²) in [4.78, 5) is 24.9. The van der Waals surface area contributed by atoms with E-state index in [2.05, 4.69) is 0 Å². The molecule has 2 unspecified atom stereocenters. The maximum Gasteiger partial charge on any atom is 0.306 e. The van der Waals surface area contributed by atoms with Crippen LogP contribution in [0.4, 0.5) is 0 Å². The zero-order valence-corrected chi connectivity index (χ0v) is 11.6. The predicted molar refractivity (Wildman–Crippen MR) is 68.9 cm³/mol. The first-order valence-corrected chi connectivity index (χ1v) is 6.41. The van der Waals surface area contributed by atoms with E-state index in [4.69, 9.17) is 10.8 Å². The average Bonchev–Trinajstić information content (AvgIpc) is 2.25. The number of carboxylic acid groups (broad SMARTS) is 1. The molecule has 0 bridgehead atoms. The topological polar surface area (TPSA) is 83.6 Å². The van der Waals surface area contributed by atoms with Gasteiger partial charge in [0.2, 0.25) is 5.91 Å². The summed E-state index contributed by atoms with van der Waals surface area (Å²) < 4.78 is 0. The van der Waals surface area contributed by atoms with Crippen LogP contribution >= 0.6 is 0 Å². The van der Waals surface area contributed by atoms with E-state index in [1.165, 1.54) is 0 Å². The molecule has 1 amide bonds. The van der Waals surface area contributed by atoms with Crippen molar-refractivity contribution in [3.05, 3.63) is 0 Å². The molecule has 3 N–H and O–H groups in total. The van der Waals surface area contributed by atoms with Crippen molar-refractivity contribution in [3.8, 4) is 0 Å². The summed E-state index contributed by atoms with van der Waals surface area (Å²) in [5.41, 5.74) is 5.68. The van der Waals surface area contributed by atoms with Gasteiger partial charge in [0.05, 0.1) is 12.0 Å². The Hall–Kier alpha value is -1.10. The van der Waals surface area contributed by atoms with Crippen LogP contribution in [-0.4, -0.2) is 41.0 Å². The second-order valence-corrected chi connectivity index (χ2v) is 6.34. The van der Waals surface area contributed by atoms with E-state index in [9.17, 15) is 9.59 Å². The number of nitrogens with two attached hydrogens (primary N) is 1. The predicted octanol–water partition coefficient (Wildman–Crippen LogP) is 0.929. The lowest BCUT2D eigenvalue weighted by Crippen LogP contribution is -2.54. The molecule has 0 saturated carbocycles. The van der Waals surface area contributed by atoms with Crippen LogP contribution < -0.4 is 5.73 Å². The molecule has 0 aromatic carbocycles. The molecule has 0 aliphatic carbocycles. The van der Waals surface area contributed by atoms with E-state index in [-0.39, 0.29) is 23.2 Å². The highest BCUT2D eigenvalue weighted by molar-refractivity contribution is 5.83. The summed E-state index contributed by atoms with van der Waals surface area (Å²) in [5, 5.41) is 9.04. The maximum atomic E-state index is 12.2. The number of likely N-dealkylation sites (tertiary alicyclic amines) is 1. The third-order valence-corrected chi connectivity index (χ3v) is 3.73. The van der Waals surface area contributed by atoms with Crippen LogP contribution in [0.15, 0.2) is 0 Å². The summed E-state index contributed by atoms with van der Waals surface area (Å²) >= 11 is 0. The van der Waals surface area contributed by atoms with Crippen molar-refractivity contribution >= 4 is 11.9 Å². The van der Waals surface area contributed by atoms with Crippen LogP contribution in [0.1, 0.15) is 34.1 Å². The smallest absolute Gasteiger partial charge is 0.306 e. The van der Waals surface area contributed by atoms with Gasteiger partial charge in [-0.3, -0.25) is 9.59 Å². The molecule has 5 heteroatoms. The van der Waals surface area contributed by atoms with Crippen molar-refractivity contribution in [2.45, 2.75) is 40.2 Å². The number of carbonyl (C=O) groups excluding carboxylic acids is 1. The number of nitrogens with zero attached hydrogens (tertiary/aromatic N) is 1. The number of rotatable bonds is 2. The molecule has 5 nitrogen and oxygen atoms in total. The Morgan fingerprint density at radius 3 is 2.33 bits per heavy atom. The highest BCUT2D eigenvalue weighted by Gasteiger charge is 2.37. The fourth-order valence-electron chi connectivity index (χ4n) is 2.28. The van der Waals surface area contributed by atoms with Gasteiger partial charge in [0.25, 0.3) is 0 Å². The van der Waals surface area contributed by atoms with Crippen molar-refractivity contribution in [2.24, 2.45) is 23.0 Å². The lowest BCUT2D eigenvalue weighted by Gasteiger charge is -2.38. The van der Waals surface area contributed by atoms with Gasteiger partial charge in [-0.2, -0.15) is 0 Å². The molecule has 0 aromatic rings. The molecule has 1 aliphatic heterocycles. The van der Waals surface area contributed by atoms with Gasteiger partial charge in [0.1, 0.15) is 0 Å². The number of piperidine rings is 1. The number of aliphatic carboxylic acids is 1. The molecule has 1 rings (SSSR count). The van der Waals surface area contributed by atoms with E-state index >= 15 is 0 Å². The molecule has 0 spiro atoms. The van der Waals surface area contributed by atoms with E-state index in [1.54, 1.807) is 4.90 Å². The Balaban J connectivity index is 2.67. The van der Waals surface area contributed by atoms with Gasteiger partial charge in [0, 0.05) is 13.1 Å². The molecule has 1 heterocycles. The molecule has 3 atom stereocenters. The van der Waals surface area contributed by atoms with E-state index in [1.807, 2.05) is 27.7 Å². The van der Waals surface area contributed by atoms with Crippen LogP contribution in [0.5, 0.6) is 0 Å². The molecule has 18 heavy (non-hydrogen) atoms. The molecule has 104 valence electrons. The SMILES string of the molecule is CC1CN(C(=O)[C@@H](N)C(C)(C)C)CCC1C(=O)O. The first kappa shape index (κ1) is 15.0. The molecular formula is C13H24N2O3. The summed E-state index contributed by atoms with van der Waals surface area (Å²) in [6, 6.07) is -0.536. The lowest BCUT2D eigenvalue weighted by atomic mass is 9.83. The molecule has 0 aromatic heterocycles. The number of carboxylic acids is 1. The first-order valence-electron chi connectivity index (χ1n) is 6.41. The lowest BCUT2D eigenvalue weighted by molar-refractivity contribution is -0.149. The molecular weight excluding hydrogens is 232 g/mol. The zero-order valence-electron chi connectivity index (χ0n) is 11.6. The van der Waals surface area contributed by atoms with Crippen LogP contribution in [-0.2, 0) is 9.59 Å². The highest BCUT2D eigenvalue weighted by atomic mass is 16.4. The third-order valence-electron chi connectivity index (χ3n) is 3.73. The minimum atomic E-state index is -0.769. The van der Waals surface area contributed by atoms with E-state index in [0.717, 1.165) is 0 Å². The summed E-state index contributed by atoms with van der Waals surface area (Å²) in [5.74, 6) is -1.21. The van der Waals surface area contributed by atoms with Crippen molar-refractivity contribution in [1.82, 2.24) is 4.90 Å². The van der Waals surface area contributed by atoms with Crippen molar-refractivity contribution in [3.63, 3.8) is 0 Å². The van der Waals surface area contributed by atoms with Gasteiger partial charge in [-0.05, 0) is 17.8 Å². The first-order chi connectivity index (χ1) is 8.14. The quantitative estimate of drug-likeness (QED) is 0.770. The normalized spacial score (nSPS) is 26.8. The standard InChI is InChI=1S/C13H24N2O3/c1-8-7-15(6-5-9(8)12(17)18)11(16)10(14)13(2,3)4/h8-10H,5-7,14H2,1-4H3,(H,17,18)/t8?,9?,10-/m1/s1. The van der Waals surface area contributed by atoms with Crippen LogP contribution in [0, 0.1) is 17.3 Å². The number of hydrogen-bond donors (Lipinski definition) is 2. The Morgan fingerprint density at radius 2 is 1.94 bits per heavy atom. The Kier molecular flexibility index (Phi) is 4.37. The van der Waals surface area contributed by atoms with Crippen LogP contribution in [0.3, 0.4) is 0 Å². The minimum Gasteiger partial charge on any atom is -0.481 e. The van der Waals surface area contributed by atoms with Crippen molar-refractivity contribution in [2.75, 3.05) is 13.1 Å². The van der Waals surface area contributed by atoms with Crippen molar-refractivity contribution < 1.29 is 14.7 Å². The third kappa shape index (κ3) is 3.22. The fourth-order valence-corrected chi connectivity index (χ4v) is 2.28. The van der Waals surface area contributed by atoms with Gasteiger partial charge in [-0.1, -0.05) is 27.7 Å². The summed E-state index contributed by atoms with van der Waals surface area (Å²) in [6.45, 7) is 8.65. The highest BCUT2D eigenvalue weighted by Crippen LogP contribution is 2.26. The monoisotopic (exact) mass is 256 g/mol. The van der Waals surface area contributed by atoms with Gasteiger partial charge in [-0.15, -0.1) is 0 Å². The van der Waals surface area contributed by atoms with Crippen LogP contribution in [0.2, 0.25) is 0 Å². The number of hydrogen-bond acceptors (Lipinski definition) is 3. The summed E-state index contributed by atoms with van der Waals surface area (Å²) in [7, 11) is 0. The Bertz CT molecular complexity index is 336. The van der Waals surface area contributed by atoms with Crippen LogP contribution in [0.25, 0.3) is 0 Å². The minimum absolute atomic E-state index is 0.0210. The van der Waals surface area contributed by atoms with Gasteiger partial charge in [-0.25, -0.2) is 0 Å². The van der Waals surface area contributed by atoms with Gasteiger partial charge >= 0.3 is 5.97 Å². The average molecular weight is 256 g/mol. The zero-order chi connectivity index (χ0) is 14.1.